The number of piperidine rings is 1. The minimum absolute atomic E-state index is 0.0881. The number of Topliss-reactive ketones (excluding diaryl/α,β-unsaturated/α-hetero) is 1. The molecule has 1 heterocycles. The third-order valence-corrected chi connectivity index (χ3v) is 6.47. The van der Waals surface area contributed by atoms with E-state index in [2.05, 4.69) is 24.1 Å². The van der Waals surface area contributed by atoms with Gasteiger partial charge in [0.05, 0.1) is 20.8 Å². The quantitative estimate of drug-likeness (QED) is 0.829. The van der Waals surface area contributed by atoms with E-state index in [1.54, 1.807) is 14.2 Å². The maximum Gasteiger partial charge on any atom is 0.197 e. The topological polar surface area (TPSA) is 48.0 Å². The largest absolute Gasteiger partial charge is 0.493 e. The first-order valence-electron chi connectivity index (χ1n) is 9.38. The van der Waals surface area contributed by atoms with Crippen molar-refractivity contribution in [3.05, 3.63) is 35.1 Å². The number of fused-ring (bicyclic) bond motifs is 1. The predicted molar refractivity (Wildman–Crippen MR) is 98.8 cm³/mol. The lowest BCUT2D eigenvalue weighted by atomic mass is 9.53. The van der Waals surface area contributed by atoms with Crippen LogP contribution < -0.4 is 9.47 Å². The van der Waals surface area contributed by atoms with Gasteiger partial charge in [-0.3, -0.25) is 4.79 Å². The lowest BCUT2D eigenvalue weighted by Crippen LogP contribution is -2.60. The van der Waals surface area contributed by atoms with Gasteiger partial charge in [-0.05, 0) is 51.1 Å². The zero-order chi connectivity index (χ0) is 18.5. The molecule has 0 N–H and O–H groups in total. The Morgan fingerprint density at radius 3 is 2.77 bits per heavy atom. The molecule has 0 radical (unpaired) electrons. The number of methoxy groups -OCH3 is 2. The van der Waals surface area contributed by atoms with Crippen molar-refractivity contribution in [1.82, 2.24) is 4.90 Å². The molecule has 26 heavy (non-hydrogen) atoms. The van der Waals surface area contributed by atoms with E-state index in [4.69, 9.17) is 14.2 Å². The van der Waals surface area contributed by atoms with Crippen LogP contribution in [0.2, 0.25) is 0 Å². The van der Waals surface area contributed by atoms with Gasteiger partial charge in [0.15, 0.2) is 23.0 Å². The van der Waals surface area contributed by atoms with E-state index in [-0.39, 0.29) is 17.1 Å². The number of hydrogen-bond acceptors (Lipinski definition) is 5. The zero-order valence-electron chi connectivity index (χ0n) is 16.0. The lowest BCUT2D eigenvalue weighted by Gasteiger charge is -2.56. The monoisotopic (exact) mass is 357 g/mol. The number of likely N-dealkylation sites (tertiary alicyclic amines) is 1. The van der Waals surface area contributed by atoms with Crippen molar-refractivity contribution in [3.8, 4) is 11.5 Å². The molecular weight excluding hydrogens is 330 g/mol. The van der Waals surface area contributed by atoms with Crippen LogP contribution in [0.25, 0.3) is 0 Å². The summed E-state index contributed by atoms with van der Waals surface area (Å²) in [4.78, 5) is 15.2. The van der Waals surface area contributed by atoms with E-state index in [0.29, 0.717) is 24.8 Å². The Hall–Kier alpha value is -2.01. The summed E-state index contributed by atoms with van der Waals surface area (Å²) >= 11 is 0. The molecule has 140 valence electrons. The highest BCUT2D eigenvalue weighted by Gasteiger charge is 2.56. The minimum Gasteiger partial charge on any atom is -0.493 e. The first-order chi connectivity index (χ1) is 12.6. The summed E-state index contributed by atoms with van der Waals surface area (Å²) in [7, 11) is 5.45. The van der Waals surface area contributed by atoms with Gasteiger partial charge in [-0.25, -0.2) is 0 Å². The summed E-state index contributed by atoms with van der Waals surface area (Å²) in [6, 6.07) is 4.52. The van der Waals surface area contributed by atoms with Crippen LogP contribution in [-0.4, -0.2) is 51.1 Å². The van der Waals surface area contributed by atoms with Crippen molar-refractivity contribution in [2.75, 3.05) is 34.4 Å². The molecule has 0 amide bonds. The Labute approximate surface area is 154 Å². The van der Waals surface area contributed by atoms with Crippen LogP contribution in [0.1, 0.15) is 30.9 Å². The van der Waals surface area contributed by atoms with Gasteiger partial charge in [0.25, 0.3) is 0 Å². The summed E-state index contributed by atoms with van der Waals surface area (Å²) in [5, 5.41) is 0. The van der Waals surface area contributed by atoms with Crippen molar-refractivity contribution in [2.24, 2.45) is 5.92 Å². The highest BCUT2D eigenvalue weighted by atomic mass is 16.5. The number of benzene rings is 1. The van der Waals surface area contributed by atoms with Gasteiger partial charge in [-0.1, -0.05) is 6.07 Å². The molecule has 1 aliphatic heterocycles. The van der Waals surface area contributed by atoms with Crippen LogP contribution in [0.3, 0.4) is 0 Å². The average molecular weight is 357 g/mol. The van der Waals surface area contributed by atoms with E-state index in [9.17, 15) is 4.79 Å². The Balaban J connectivity index is 1.97. The number of carbonyl (C=O) groups is 1. The Bertz CT molecular complexity index is 772. The fourth-order valence-electron chi connectivity index (χ4n) is 5.30. The first-order valence-corrected chi connectivity index (χ1v) is 9.38. The third kappa shape index (κ3) is 2.29. The SMILES string of the molecule is CCOc1c(OC)ccc2c1[C@@]13CCN(C)[C@@H](C2)C1C=C(OC)C(=O)C3. The van der Waals surface area contributed by atoms with E-state index in [1.807, 2.05) is 13.0 Å². The molecule has 1 unspecified atom stereocenters. The second kappa shape index (κ2) is 6.31. The number of carbonyl (C=O) groups excluding carboxylic acids is 1. The molecule has 1 saturated heterocycles. The molecule has 1 aromatic rings. The molecule has 0 spiro atoms. The summed E-state index contributed by atoms with van der Waals surface area (Å²) in [5.74, 6) is 2.42. The summed E-state index contributed by atoms with van der Waals surface area (Å²) in [6.07, 6.45) is 4.43. The van der Waals surface area contributed by atoms with Crippen LogP contribution in [0.4, 0.5) is 0 Å². The van der Waals surface area contributed by atoms with Crippen LogP contribution in [-0.2, 0) is 21.4 Å². The number of ether oxygens (including phenoxy) is 3. The van der Waals surface area contributed by atoms with Crippen molar-refractivity contribution >= 4 is 5.78 Å². The van der Waals surface area contributed by atoms with Crippen LogP contribution in [0.5, 0.6) is 11.5 Å². The molecule has 1 fully saturated rings. The third-order valence-electron chi connectivity index (χ3n) is 6.47. The van der Waals surface area contributed by atoms with Gasteiger partial charge < -0.3 is 19.1 Å². The van der Waals surface area contributed by atoms with E-state index in [1.165, 1.54) is 11.1 Å². The Kier molecular flexibility index (Phi) is 4.22. The highest BCUT2D eigenvalue weighted by molar-refractivity contribution is 5.96. The minimum atomic E-state index is -0.233. The maximum atomic E-state index is 12.8. The zero-order valence-corrected chi connectivity index (χ0v) is 16.0. The molecule has 1 aromatic carbocycles. The number of rotatable bonds is 4. The van der Waals surface area contributed by atoms with Crippen molar-refractivity contribution < 1.29 is 19.0 Å². The number of ketones is 1. The van der Waals surface area contributed by atoms with E-state index >= 15 is 0 Å². The number of allylic oxidation sites excluding steroid dienone is 1. The summed E-state index contributed by atoms with van der Waals surface area (Å²) in [6.45, 7) is 3.54. The Morgan fingerprint density at radius 2 is 2.08 bits per heavy atom. The second-order valence-corrected chi connectivity index (χ2v) is 7.58. The van der Waals surface area contributed by atoms with Gasteiger partial charge in [-0.2, -0.15) is 0 Å². The van der Waals surface area contributed by atoms with Gasteiger partial charge in [-0.15, -0.1) is 0 Å². The molecule has 2 aliphatic carbocycles. The van der Waals surface area contributed by atoms with Gasteiger partial charge in [0, 0.05) is 29.4 Å². The number of nitrogens with zero attached hydrogens (tertiary/aromatic N) is 1. The lowest BCUT2D eigenvalue weighted by molar-refractivity contribution is -0.122. The van der Waals surface area contributed by atoms with Gasteiger partial charge in [0.2, 0.25) is 0 Å². The molecule has 5 heteroatoms. The first kappa shape index (κ1) is 17.4. The fourth-order valence-corrected chi connectivity index (χ4v) is 5.30. The predicted octanol–water partition coefficient (Wildman–Crippen LogP) is 2.71. The normalized spacial score (nSPS) is 30.2. The van der Waals surface area contributed by atoms with Crippen molar-refractivity contribution in [2.45, 2.75) is 37.6 Å². The van der Waals surface area contributed by atoms with Gasteiger partial charge in [0.1, 0.15) is 0 Å². The fraction of sp³-hybridized carbons (Fsp3) is 0.571. The molecule has 2 bridgehead atoms. The summed E-state index contributed by atoms with van der Waals surface area (Å²) < 4.78 is 17.1. The molecule has 3 aliphatic rings. The molecule has 5 nitrogen and oxygen atoms in total. The van der Waals surface area contributed by atoms with Gasteiger partial charge >= 0.3 is 0 Å². The number of hydrogen-bond donors (Lipinski definition) is 0. The smallest absolute Gasteiger partial charge is 0.197 e. The highest BCUT2D eigenvalue weighted by Crippen LogP contribution is 2.57. The van der Waals surface area contributed by atoms with Crippen LogP contribution in [0, 0.1) is 5.92 Å². The summed E-state index contributed by atoms with van der Waals surface area (Å²) in [5.41, 5.74) is 2.24. The number of likely N-dealkylation sites (N-methyl/N-ethyl adjacent to an activating group) is 1. The molecule has 0 saturated carbocycles. The molecule has 0 aromatic heterocycles. The van der Waals surface area contributed by atoms with Crippen molar-refractivity contribution in [3.63, 3.8) is 0 Å². The molecule has 3 atom stereocenters. The molecular formula is C21H27NO4. The Morgan fingerprint density at radius 1 is 1.27 bits per heavy atom. The standard InChI is InChI=1S/C21H27NO4/c1-5-26-20-17(24-3)7-6-13-10-15-14-11-18(25-4)16(23)12-21(14,19(13)20)8-9-22(15)2/h6-7,11,14-15H,5,8-10,12H2,1-4H3/t14?,15-,21+/m0/s1. The van der Waals surface area contributed by atoms with Crippen LogP contribution in [0.15, 0.2) is 24.0 Å². The molecule has 4 rings (SSSR count). The van der Waals surface area contributed by atoms with E-state index < -0.39 is 0 Å². The van der Waals surface area contributed by atoms with Crippen LogP contribution >= 0.6 is 0 Å². The average Bonchev–Trinajstić information content (AvgIpc) is 2.64. The second-order valence-electron chi connectivity index (χ2n) is 7.58. The van der Waals surface area contributed by atoms with Crippen molar-refractivity contribution in [1.29, 1.82) is 0 Å². The van der Waals surface area contributed by atoms with E-state index in [0.717, 1.165) is 30.9 Å². The maximum absolute atomic E-state index is 12.8.